The molecule has 0 radical (unpaired) electrons. The Kier molecular flexibility index (Phi) is 7.48. The number of anilines is 2. The van der Waals surface area contributed by atoms with E-state index >= 15 is 0 Å². The predicted octanol–water partition coefficient (Wildman–Crippen LogP) is 4.20. The molecule has 0 atom stereocenters. The lowest BCUT2D eigenvalue weighted by molar-refractivity contribution is 0.304. The molecule has 0 aliphatic carbocycles. The molecule has 0 fully saturated rings. The fourth-order valence-electron chi connectivity index (χ4n) is 2.83. The average Bonchev–Trinajstić information content (AvgIpc) is 2.41. The van der Waals surface area contributed by atoms with Gasteiger partial charge in [-0.3, -0.25) is 0 Å². The Morgan fingerprint density at radius 2 is 1.52 bits per heavy atom. The summed E-state index contributed by atoms with van der Waals surface area (Å²) in [6.45, 7) is 15.3. The summed E-state index contributed by atoms with van der Waals surface area (Å²) >= 11 is 0. The van der Waals surface area contributed by atoms with Crippen molar-refractivity contribution < 1.29 is 0 Å². The Morgan fingerprint density at radius 1 is 0.952 bits per heavy atom. The Bertz CT molecular complexity index is 407. The van der Waals surface area contributed by atoms with Crippen LogP contribution in [0.1, 0.15) is 53.5 Å². The molecule has 4 heteroatoms. The molecule has 1 heterocycles. The molecule has 1 aromatic heterocycles. The van der Waals surface area contributed by atoms with Crippen molar-refractivity contribution in [3.8, 4) is 0 Å². The van der Waals surface area contributed by atoms with Crippen molar-refractivity contribution in [2.75, 3.05) is 23.7 Å². The van der Waals surface area contributed by atoms with E-state index < -0.39 is 0 Å². The number of hydrogen-bond donors (Lipinski definition) is 2. The van der Waals surface area contributed by atoms with E-state index in [0.29, 0.717) is 17.8 Å². The topological polar surface area (TPSA) is 49.8 Å². The van der Waals surface area contributed by atoms with Gasteiger partial charge in [0.2, 0.25) is 0 Å². The van der Waals surface area contributed by atoms with E-state index in [9.17, 15) is 0 Å². The van der Waals surface area contributed by atoms with Gasteiger partial charge in [0.05, 0.1) is 0 Å². The Morgan fingerprint density at radius 3 is 2.00 bits per heavy atom. The minimum Gasteiger partial charge on any atom is -0.370 e. The quantitative estimate of drug-likeness (QED) is 0.716. The molecule has 21 heavy (non-hydrogen) atoms. The van der Waals surface area contributed by atoms with Crippen LogP contribution in [0.25, 0.3) is 0 Å². The first-order valence-electron chi connectivity index (χ1n) is 8.32. The fraction of sp³-hybridized carbons (Fsp3) is 0.765. The molecule has 120 valence electrons. The summed E-state index contributed by atoms with van der Waals surface area (Å²) in [4.78, 5) is 8.85. The van der Waals surface area contributed by atoms with Crippen molar-refractivity contribution >= 4 is 11.6 Å². The van der Waals surface area contributed by atoms with E-state index in [4.69, 9.17) is 0 Å². The molecule has 0 saturated carbocycles. The van der Waals surface area contributed by atoms with Gasteiger partial charge in [-0.25, -0.2) is 9.97 Å². The highest BCUT2D eigenvalue weighted by Crippen LogP contribution is 2.25. The lowest BCUT2D eigenvalue weighted by Crippen LogP contribution is -2.25. The summed E-state index contributed by atoms with van der Waals surface area (Å²) in [6, 6.07) is 0. The van der Waals surface area contributed by atoms with Gasteiger partial charge in [-0.05, 0) is 31.1 Å². The zero-order chi connectivity index (χ0) is 15.8. The number of nitrogens with one attached hydrogen (secondary N) is 2. The van der Waals surface area contributed by atoms with Crippen molar-refractivity contribution in [1.82, 2.24) is 9.97 Å². The Balaban J connectivity index is 2.88. The van der Waals surface area contributed by atoms with Crippen LogP contribution in [0.4, 0.5) is 11.6 Å². The molecule has 0 saturated heterocycles. The maximum Gasteiger partial charge on any atom is 0.134 e. The maximum absolute atomic E-state index is 4.47. The van der Waals surface area contributed by atoms with Crippen molar-refractivity contribution in [2.24, 2.45) is 17.8 Å². The molecule has 1 aromatic rings. The van der Waals surface area contributed by atoms with Gasteiger partial charge in [-0.2, -0.15) is 0 Å². The SMILES string of the molecule is CCCc1c(NCC)ncnc1NCC(C(C)C)C(C)C. The Hall–Kier alpha value is -1.32. The minimum atomic E-state index is 0.650. The fourth-order valence-corrected chi connectivity index (χ4v) is 2.83. The molecule has 0 aromatic carbocycles. The van der Waals surface area contributed by atoms with Crippen LogP contribution in [0, 0.1) is 17.8 Å². The van der Waals surface area contributed by atoms with Crippen molar-refractivity contribution in [3.05, 3.63) is 11.9 Å². The highest BCUT2D eigenvalue weighted by Gasteiger charge is 2.18. The van der Waals surface area contributed by atoms with Crippen LogP contribution in [-0.2, 0) is 6.42 Å². The third-order valence-electron chi connectivity index (χ3n) is 4.01. The smallest absolute Gasteiger partial charge is 0.134 e. The standard InChI is InChI=1S/C17H32N4/c1-7-9-14-16(18-8-2)20-11-21-17(14)19-10-15(12(3)4)13(5)6/h11-13,15H,7-10H2,1-6H3,(H2,18,19,20,21). The third kappa shape index (κ3) is 5.18. The van der Waals surface area contributed by atoms with Gasteiger partial charge in [-0.1, -0.05) is 41.0 Å². The van der Waals surface area contributed by atoms with Crippen molar-refractivity contribution in [1.29, 1.82) is 0 Å². The molecule has 0 bridgehead atoms. The zero-order valence-corrected chi connectivity index (χ0v) is 14.5. The minimum absolute atomic E-state index is 0.650. The van der Waals surface area contributed by atoms with Crippen LogP contribution in [-0.4, -0.2) is 23.1 Å². The summed E-state index contributed by atoms with van der Waals surface area (Å²) in [5.74, 6) is 3.96. The van der Waals surface area contributed by atoms with Gasteiger partial charge in [0, 0.05) is 18.7 Å². The van der Waals surface area contributed by atoms with Gasteiger partial charge in [0.25, 0.3) is 0 Å². The first-order chi connectivity index (χ1) is 10.0. The second kappa shape index (κ2) is 8.85. The molecular weight excluding hydrogens is 260 g/mol. The predicted molar refractivity (Wildman–Crippen MR) is 91.8 cm³/mol. The first kappa shape index (κ1) is 17.7. The van der Waals surface area contributed by atoms with E-state index in [2.05, 4.69) is 62.1 Å². The molecule has 0 aliphatic rings. The van der Waals surface area contributed by atoms with Gasteiger partial charge in [0.1, 0.15) is 18.0 Å². The molecule has 0 aliphatic heterocycles. The van der Waals surface area contributed by atoms with Crippen LogP contribution in [0.2, 0.25) is 0 Å². The molecular formula is C17H32N4. The van der Waals surface area contributed by atoms with E-state index in [1.165, 1.54) is 5.56 Å². The molecule has 1 rings (SSSR count). The zero-order valence-electron chi connectivity index (χ0n) is 14.5. The van der Waals surface area contributed by atoms with Crippen LogP contribution in [0.5, 0.6) is 0 Å². The van der Waals surface area contributed by atoms with E-state index in [1.807, 2.05) is 0 Å². The molecule has 2 N–H and O–H groups in total. The number of nitrogens with zero attached hydrogens (tertiary/aromatic N) is 2. The van der Waals surface area contributed by atoms with Crippen LogP contribution in [0.3, 0.4) is 0 Å². The summed E-state index contributed by atoms with van der Waals surface area (Å²) in [5, 5.41) is 6.91. The van der Waals surface area contributed by atoms with Crippen molar-refractivity contribution in [3.63, 3.8) is 0 Å². The van der Waals surface area contributed by atoms with Crippen LogP contribution >= 0.6 is 0 Å². The lowest BCUT2D eigenvalue weighted by Gasteiger charge is -2.26. The molecule has 0 amide bonds. The average molecular weight is 292 g/mol. The van der Waals surface area contributed by atoms with Gasteiger partial charge in [-0.15, -0.1) is 0 Å². The second-order valence-corrected chi connectivity index (χ2v) is 6.36. The second-order valence-electron chi connectivity index (χ2n) is 6.36. The van der Waals surface area contributed by atoms with E-state index in [-0.39, 0.29) is 0 Å². The lowest BCUT2D eigenvalue weighted by atomic mass is 9.85. The molecule has 0 spiro atoms. The number of aromatic nitrogens is 2. The largest absolute Gasteiger partial charge is 0.370 e. The molecule has 0 unspecified atom stereocenters. The summed E-state index contributed by atoms with van der Waals surface area (Å²) in [7, 11) is 0. The van der Waals surface area contributed by atoms with E-state index in [0.717, 1.165) is 37.6 Å². The van der Waals surface area contributed by atoms with Crippen LogP contribution < -0.4 is 10.6 Å². The van der Waals surface area contributed by atoms with Gasteiger partial charge >= 0.3 is 0 Å². The van der Waals surface area contributed by atoms with Crippen LogP contribution in [0.15, 0.2) is 6.33 Å². The monoisotopic (exact) mass is 292 g/mol. The third-order valence-corrected chi connectivity index (χ3v) is 4.01. The van der Waals surface area contributed by atoms with Crippen molar-refractivity contribution in [2.45, 2.75) is 54.4 Å². The highest BCUT2D eigenvalue weighted by atomic mass is 15.1. The normalized spacial score (nSPS) is 11.5. The Labute approximate surface area is 130 Å². The van der Waals surface area contributed by atoms with E-state index in [1.54, 1.807) is 6.33 Å². The first-order valence-corrected chi connectivity index (χ1v) is 8.32. The van der Waals surface area contributed by atoms with Gasteiger partial charge in [0.15, 0.2) is 0 Å². The summed E-state index contributed by atoms with van der Waals surface area (Å²) in [5.41, 5.74) is 1.22. The van der Waals surface area contributed by atoms with Gasteiger partial charge < -0.3 is 10.6 Å². The highest BCUT2D eigenvalue weighted by molar-refractivity contribution is 5.57. The number of rotatable bonds is 9. The summed E-state index contributed by atoms with van der Waals surface area (Å²) in [6.07, 6.45) is 3.75. The maximum atomic E-state index is 4.47. The molecule has 4 nitrogen and oxygen atoms in total. The number of hydrogen-bond acceptors (Lipinski definition) is 4. The summed E-state index contributed by atoms with van der Waals surface area (Å²) < 4.78 is 0.